The average molecular weight is 325 g/mol. The van der Waals surface area contributed by atoms with Crippen LogP contribution in [0, 0.1) is 0 Å². The molecule has 1 heterocycles. The number of aryl methyl sites for hydroxylation is 1. The first-order chi connectivity index (χ1) is 10.6. The molecule has 0 aliphatic rings. The lowest BCUT2D eigenvalue weighted by molar-refractivity contribution is -0.128. The number of nitrogens with zero attached hydrogens (tertiary/aromatic N) is 2. The summed E-state index contributed by atoms with van der Waals surface area (Å²) in [6.45, 7) is 7.82. The molecule has 22 heavy (non-hydrogen) atoms. The fourth-order valence-electron chi connectivity index (χ4n) is 2.16. The maximum absolute atomic E-state index is 12.2. The predicted octanol–water partition coefficient (Wildman–Crippen LogP) is 2.85. The van der Waals surface area contributed by atoms with Crippen LogP contribution in [0.5, 0.6) is 0 Å². The molecule has 0 aliphatic heterocycles. The summed E-state index contributed by atoms with van der Waals surface area (Å²) in [5.74, 6) is 0.426. The minimum Gasteiger partial charge on any atom is -0.342 e. The van der Waals surface area contributed by atoms with Crippen molar-refractivity contribution in [2.75, 3.05) is 18.8 Å². The Morgan fingerprint density at radius 2 is 1.91 bits per heavy atom. The number of H-pyrrole nitrogens is 1. The Morgan fingerprint density at radius 3 is 2.50 bits per heavy atom. The second-order valence-corrected chi connectivity index (χ2v) is 6.28. The number of aromatic nitrogens is 2. The quantitative estimate of drug-likeness (QED) is 0.530. The first kappa shape index (κ1) is 18.7. The number of hydrogen-bond acceptors (Lipinski definition) is 4. The summed E-state index contributed by atoms with van der Waals surface area (Å²) in [6, 6.07) is 1.54. The zero-order chi connectivity index (χ0) is 16.4. The second kappa shape index (κ2) is 10.4. The maximum Gasteiger partial charge on any atom is 0.251 e. The molecule has 0 radical (unpaired) electrons. The van der Waals surface area contributed by atoms with Crippen LogP contribution in [0.15, 0.2) is 16.0 Å². The minimum atomic E-state index is -0.143. The van der Waals surface area contributed by atoms with Gasteiger partial charge in [0.25, 0.3) is 5.56 Å². The van der Waals surface area contributed by atoms with Gasteiger partial charge in [0.2, 0.25) is 5.91 Å². The largest absolute Gasteiger partial charge is 0.342 e. The summed E-state index contributed by atoms with van der Waals surface area (Å²) in [6.07, 6.45) is 4.80. The van der Waals surface area contributed by atoms with Gasteiger partial charge in [-0.05, 0) is 25.7 Å². The molecule has 1 aromatic rings. The number of amides is 1. The molecule has 0 aromatic carbocycles. The number of carbonyl (C=O) groups excluding carboxylic acids is 1. The van der Waals surface area contributed by atoms with E-state index in [1.54, 1.807) is 6.07 Å². The molecule has 0 spiro atoms. The fraction of sp³-hybridized carbons (Fsp3) is 0.688. The van der Waals surface area contributed by atoms with Crippen LogP contribution in [0.25, 0.3) is 0 Å². The van der Waals surface area contributed by atoms with E-state index >= 15 is 0 Å². The van der Waals surface area contributed by atoms with Crippen LogP contribution in [-0.4, -0.2) is 39.6 Å². The van der Waals surface area contributed by atoms with Crippen LogP contribution in [0.2, 0.25) is 0 Å². The first-order valence-corrected chi connectivity index (χ1v) is 9.10. The molecule has 0 bridgehead atoms. The Bertz CT molecular complexity index is 510. The molecule has 6 heteroatoms. The molecule has 0 saturated carbocycles. The lowest BCUT2D eigenvalue weighted by atomic mass is 10.2. The molecular weight excluding hydrogens is 298 g/mol. The third kappa shape index (κ3) is 6.64. The molecule has 124 valence electrons. The van der Waals surface area contributed by atoms with Crippen molar-refractivity contribution in [1.82, 2.24) is 14.9 Å². The van der Waals surface area contributed by atoms with Gasteiger partial charge in [0.05, 0.1) is 5.75 Å². The SMILES string of the molecule is CCCCc1cc(=O)[nH]c(SCC(=O)N(CCC)CCC)n1. The third-order valence-corrected chi connectivity index (χ3v) is 4.09. The van der Waals surface area contributed by atoms with Gasteiger partial charge in [-0.15, -0.1) is 0 Å². The Morgan fingerprint density at radius 1 is 1.23 bits per heavy atom. The number of hydrogen-bond donors (Lipinski definition) is 1. The van der Waals surface area contributed by atoms with Crippen LogP contribution >= 0.6 is 11.8 Å². The molecule has 1 N–H and O–H groups in total. The van der Waals surface area contributed by atoms with E-state index in [4.69, 9.17) is 0 Å². The molecule has 1 rings (SSSR count). The first-order valence-electron chi connectivity index (χ1n) is 8.11. The van der Waals surface area contributed by atoms with Crippen LogP contribution in [0.1, 0.15) is 52.1 Å². The molecule has 0 atom stereocenters. The van der Waals surface area contributed by atoms with E-state index in [9.17, 15) is 9.59 Å². The highest BCUT2D eigenvalue weighted by Gasteiger charge is 2.13. The van der Waals surface area contributed by atoms with Crippen molar-refractivity contribution < 1.29 is 4.79 Å². The molecule has 0 unspecified atom stereocenters. The Kier molecular flexibility index (Phi) is 8.89. The van der Waals surface area contributed by atoms with Gasteiger partial charge in [-0.25, -0.2) is 4.98 Å². The number of nitrogens with one attached hydrogen (secondary N) is 1. The topological polar surface area (TPSA) is 66.1 Å². The van der Waals surface area contributed by atoms with E-state index in [1.807, 2.05) is 4.90 Å². The monoisotopic (exact) mass is 325 g/mol. The van der Waals surface area contributed by atoms with Gasteiger partial charge in [-0.1, -0.05) is 39.0 Å². The third-order valence-electron chi connectivity index (χ3n) is 3.23. The predicted molar refractivity (Wildman–Crippen MR) is 91.4 cm³/mol. The highest BCUT2D eigenvalue weighted by molar-refractivity contribution is 7.99. The van der Waals surface area contributed by atoms with Crippen molar-refractivity contribution in [3.8, 4) is 0 Å². The maximum atomic E-state index is 12.2. The molecule has 1 aromatic heterocycles. The van der Waals surface area contributed by atoms with Gasteiger partial charge < -0.3 is 9.88 Å². The molecule has 0 fully saturated rings. The van der Waals surface area contributed by atoms with Gasteiger partial charge in [-0.3, -0.25) is 9.59 Å². The number of rotatable bonds is 10. The summed E-state index contributed by atoms with van der Waals surface area (Å²) in [7, 11) is 0. The van der Waals surface area contributed by atoms with Crippen molar-refractivity contribution in [3.05, 3.63) is 22.1 Å². The van der Waals surface area contributed by atoms with E-state index in [-0.39, 0.29) is 11.5 Å². The van der Waals surface area contributed by atoms with E-state index in [0.29, 0.717) is 10.9 Å². The number of carbonyl (C=O) groups is 1. The highest BCUT2D eigenvalue weighted by atomic mass is 32.2. The van der Waals surface area contributed by atoms with Crippen molar-refractivity contribution in [1.29, 1.82) is 0 Å². The lowest BCUT2D eigenvalue weighted by Crippen LogP contribution is -2.33. The van der Waals surface area contributed by atoms with E-state index < -0.39 is 0 Å². The smallest absolute Gasteiger partial charge is 0.251 e. The number of unbranched alkanes of at least 4 members (excludes halogenated alkanes) is 1. The normalized spacial score (nSPS) is 10.7. The van der Waals surface area contributed by atoms with Crippen molar-refractivity contribution in [3.63, 3.8) is 0 Å². The summed E-state index contributed by atoms with van der Waals surface area (Å²) in [5.41, 5.74) is 0.662. The van der Waals surface area contributed by atoms with E-state index in [0.717, 1.165) is 50.9 Å². The molecule has 5 nitrogen and oxygen atoms in total. The summed E-state index contributed by atoms with van der Waals surface area (Å²) >= 11 is 1.31. The van der Waals surface area contributed by atoms with Gasteiger partial charge in [0, 0.05) is 24.8 Å². The van der Waals surface area contributed by atoms with Crippen LogP contribution in [0.4, 0.5) is 0 Å². The zero-order valence-corrected chi connectivity index (χ0v) is 14.7. The summed E-state index contributed by atoms with van der Waals surface area (Å²) in [4.78, 5) is 32.9. The fourth-order valence-corrected chi connectivity index (χ4v) is 2.96. The van der Waals surface area contributed by atoms with Crippen LogP contribution in [0.3, 0.4) is 0 Å². The Hall–Kier alpha value is -1.30. The Balaban J connectivity index is 2.64. The van der Waals surface area contributed by atoms with Gasteiger partial charge >= 0.3 is 0 Å². The van der Waals surface area contributed by atoms with Gasteiger partial charge in [-0.2, -0.15) is 0 Å². The lowest BCUT2D eigenvalue weighted by Gasteiger charge is -2.21. The standard InChI is InChI=1S/C16H27N3O2S/c1-4-7-8-13-11-14(20)18-16(17-13)22-12-15(21)19(9-5-2)10-6-3/h11H,4-10,12H2,1-3H3,(H,17,18,20). The number of thioether (sulfide) groups is 1. The highest BCUT2D eigenvalue weighted by Crippen LogP contribution is 2.13. The molecule has 0 aliphatic carbocycles. The van der Waals surface area contributed by atoms with Gasteiger partial charge in [0.15, 0.2) is 5.16 Å². The van der Waals surface area contributed by atoms with Crippen molar-refractivity contribution in [2.45, 2.75) is 58.0 Å². The van der Waals surface area contributed by atoms with Gasteiger partial charge in [0.1, 0.15) is 0 Å². The van der Waals surface area contributed by atoms with Crippen molar-refractivity contribution >= 4 is 17.7 Å². The average Bonchev–Trinajstić information content (AvgIpc) is 2.50. The molecule has 1 amide bonds. The minimum absolute atomic E-state index is 0.107. The number of aromatic amines is 1. The summed E-state index contributed by atoms with van der Waals surface area (Å²) < 4.78 is 0. The van der Waals surface area contributed by atoms with Crippen molar-refractivity contribution in [2.24, 2.45) is 0 Å². The second-order valence-electron chi connectivity index (χ2n) is 5.31. The molecular formula is C16H27N3O2S. The Labute approximate surface area is 136 Å². The van der Waals surface area contributed by atoms with Crippen LogP contribution in [-0.2, 0) is 11.2 Å². The zero-order valence-electron chi connectivity index (χ0n) is 13.9. The molecule has 0 saturated heterocycles. The summed E-state index contributed by atoms with van der Waals surface area (Å²) in [5, 5.41) is 0.542. The van der Waals surface area contributed by atoms with E-state index in [2.05, 4.69) is 30.7 Å². The van der Waals surface area contributed by atoms with Crippen LogP contribution < -0.4 is 5.56 Å². The van der Waals surface area contributed by atoms with E-state index in [1.165, 1.54) is 11.8 Å².